The van der Waals surface area contributed by atoms with Crippen LogP contribution in [0.15, 0.2) is 96.1 Å². The van der Waals surface area contributed by atoms with Crippen LogP contribution in [0.2, 0.25) is 0 Å². The van der Waals surface area contributed by atoms with Gasteiger partial charge in [0, 0.05) is 23.8 Å². The van der Waals surface area contributed by atoms with Crippen LogP contribution in [-0.2, 0) is 23.3 Å². The van der Waals surface area contributed by atoms with Crippen molar-refractivity contribution >= 4 is 28.6 Å². The lowest BCUT2D eigenvalue weighted by atomic mass is 10.0. The lowest BCUT2D eigenvalue weighted by Crippen LogP contribution is -2.82. The monoisotopic (exact) mass is 653 g/mol. The predicted molar refractivity (Wildman–Crippen MR) is 186 cm³/mol. The second-order valence-electron chi connectivity index (χ2n) is 10.9. The molecule has 0 saturated heterocycles. The van der Waals surface area contributed by atoms with Crippen molar-refractivity contribution in [3.8, 4) is 28.7 Å². The van der Waals surface area contributed by atoms with Gasteiger partial charge in [-0.1, -0.05) is 68.8 Å². The minimum absolute atomic E-state index is 0.162. The molecule has 0 bridgehead atoms. The molecule has 1 heterocycles. The Labute approximate surface area is 280 Å². The summed E-state index contributed by atoms with van der Waals surface area (Å²) in [5.41, 5.74) is 5.19. The van der Waals surface area contributed by atoms with E-state index in [-0.39, 0.29) is 5.75 Å². The maximum atomic E-state index is 12.3. The number of carbonyl (C=O) groups excluding carboxylic acids is 1. The second-order valence-corrected chi connectivity index (χ2v) is 11.9. The van der Waals surface area contributed by atoms with E-state index in [2.05, 4.69) is 31.0 Å². The maximum Gasteiger partial charge on any atom is 0.341 e. The molecule has 244 valence electrons. The lowest BCUT2D eigenvalue weighted by molar-refractivity contribution is -0.423. The number of nitrogens with two attached hydrogens (primary N) is 1. The van der Waals surface area contributed by atoms with Gasteiger partial charge < -0.3 is 24.1 Å². The molecule has 0 aromatic heterocycles. The van der Waals surface area contributed by atoms with E-state index in [1.807, 2.05) is 60.0 Å². The largest absolute Gasteiger partial charge is 0.507 e. The fraction of sp³-hybridized carbons (Fsp3) is 0.263. The normalized spacial score (nSPS) is 12.3. The number of phenolic OH excluding ortho intramolecular Hbond substituents is 1. The number of methoxy groups -OCH3 is 1. The van der Waals surface area contributed by atoms with E-state index in [1.54, 1.807) is 36.0 Å². The number of ether oxygens (including phenoxy) is 4. The van der Waals surface area contributed by atoms with E-state index in [0.29, 0.717) is 42.4 Å². The summed E-state index contributed by atoms with van der Waals surface area (Å²) >= 11 is 1.68. The molecule has 0 amide bonds. The zero-order valence-electron chi connectivity index (χ0n) is 27.0. The molecule has 9 heteroatoms. The molecule has 0 aliphatic carbocycles. The van der Waals surface area contributed by atoms with Gasteiger partial charge in [-0.05, 0) is 66.1 Å². The first-order valence-corrected chi connectivity index (χ1v) is 16.9. The Morgan fingerprint density at radius 3 is 2.36 bits per heavy atom. The van der Waals surface area contributed by atoms with Gasteiger partial charge >= 0.3 is 5.97 Å². The third-order valence-electron chi connectivity index (χ3n) is 7.62. The van der Waals surface area contributed by atoms with Gasteiger partial charge in [-0.25, -0.2) is 4.79 Å². The van der Waals surface area contributed by atoms with E-state index >= 15 is 0 Å². The topological polar surface area (TPSA) is 103 Å². The summed E-state index contributed by atoms with van der Waals surface area (Å²) in [5, 5.41) is 13.9. The molecule has 0 unspecified atom stereocenters. The lowest BCUT2D eigenvalue weighted by Gasteiger charge is -2.17. The van der Waals surface area contributed by atoms with E-state index < -0.39 is 5.97 Å². The highest BCUT2D eigenvalue weighted by atomic mass is 32.2. The number of benzene rings is 4. The summed E-state index contributed by atoms with van der Waals surface area (Å²) in [6, 6.07) is 26.7. The Kier molecular flexibility index (Phi) is 12.0. The average Bonchev–Trinajstić information content (AvgIpc) is 3.57. The number of rotatable bonds is 15. The van der Waals surface area contributed by atoms with Gasteiger partial charge in [-0.2, -0.15) is 4.99 Å². The number of esters is 1. The van der Waals surface area contributed by atoms with Crippen molar-refractivity contribution in [2.45, 2.75) is 45.3 Å². The van der Waals surface area contributed by atoms with Crippen LogP contribution in [0.25, 0.3) is 5.70 Å². The number of amidine groups is 1. The summed E-state index contributed by atoms with van der Waals surface area (Å²) < 4.78 is 23.5. The minimum Gasteiger partial charge on any atom is -0.507 e. The van der Waals surface area contributed by atoms with Crippen molar-refractivity contribution in [3.05, 3.63) is 119 Å². The second kappa shape index (κ2) is 16.7. The van der Waals surface area contributed by atoms with Crippen LogP contribution in [0.1, 0.15) is 59.3 Å². The highest BCUT2D eigenvalue weighted by Crippen LogP contribution is 2.35. The number of aliphatic imine (C=N–C) groups is 1. The number of carbonyl (C=O) groups is 1. The van der Waals surface area contributed by atoms with Crippen LogP contribution >= 0.6 is 11.8 Å². The van der Waals surface area contributed by atoms with Gasteiger partial charge in [0.05, 0.1) is 32.1 Å². The van der Waals surface area contributed by atoms with Crippen molar-refractivity contribution < 1.29 is 34.2 Å². The molecule has 1 aliphatic heterocycles. The van der Waals surface area contributed by atoms with Crippen molar-refractivity contribution in [2.24, 2.45) is 4.99 Å². The molecule has 5 rings (SSSR count). The van der Waals surface area contributed by atoms with Crippen LogP contribution in [0.5, 0.6) is 28.7 Å². The van der Waals surface area contributed by atoms with Gasteiger partial charge in [0.1, 0.15) is 34.3 Å². The van der Waals surface area contributed by atoms with Crippen LogP contribution in [0.4, 0.5) is 0 Å². The molecular weight excluding hydrogens is 612 g/mol. The molecule has 1 aliphatic rings. The minimum atomic E-state index is -0.454. The zero-order chi connectivity index (χ0) is 33.0. The van der Waals surface area contributed by atoms with Crippen LogP contribution in [0, 0.1) is 0 Å². The Hall–Kier alpha value is -4.73. The van der Waals surface area contributed by atoms with Gasteiger partial charge in [0.2, 0.25) is 0 Å². The summed E-state index contributed by atoms with van der Waals surface area (Å²) in [7, 11) is 1.35. The number of para-hydroxylation sites is 1. The first kappa shape index (κ1) is 33.6. The Morgan fingerprint density at radius 1 is 0.872 bits per heavy atom. The van der Waals surface area contributed by atoms with E-state index in [0.717, 1.165) is 58.3 Å². The molecule has 0 fully saturated rings. The average molecular weight is 654 g/mol. The van der Waals surface area contributed by atoms with Gasteiger partial charge in [0.25, 0.3) is 5.17 Å². The smallest absolute Gasteiger partial charge is 0.341 e. The molecule has 4 aromatic rings. The highest BCUT2D eigenvalue weighted by Gasteiger charge is 2.22. The standard InChI is InChI=1S/C38H40N2O6S/c1-4-13-28-33(18-11-19-34(28)46-35-17-10-9-16-29(35)37(42)43-3)44-20-12-21-45-36-23-32(41)30(22-27(36)5-2)31-24-39-38(40-31)47-25-26-14-7-6-8-15-26/h6-11,14-19,22-24,41H,4-5,12-13,20-21,25H2,1-3H3,(H,39,40)/p+1. The SMILES string of the molecule is CCCc1c(OCCCOc2cc(O)c(C3=CN=C(SCc4ccccc4)[NH2+]3)cc2CC)cccc1Oc1ccccc1C(=O)OC. The fourth-order valence-electron chi connectivity index (χ4n) is 5.20. The number of aromatic hydroxyl groups is 1. The zero-order valence-corrected chi connectivity index (χ0v) is 27.8. The van der Waals surface area contributed by atoms with Gasteiger partial charge in [-0.15, -0.1) is 0 Å². The number of aryl methyl sites for hydroxylation is 1. The third kappa shape index (κ3) is 8.75. The van der Waals surface area contributed by atoms with E-state index in [1.165, 1.54) is 12.7 Å². The van der Waals surface area contributed by atoms with E-state index in [4.69, 9.17) is 18.9 Å². The maximum absolute atomic E-state index is 12.3. The molecule has 0 atom stereocenters. The van der Waals surface area contributed by atoms with Crippen LogP contribution in [0.3, 0.4) is 0 Å². The molecule has 0 spiro atoms. The Bertz CT molecular complexity index is 1740. The van der Waals surface area contributed by atoms with Gasteiger partial charge in [0.15, 0.2) is 5.70 Å². The third-order valence-corrected chi connectivity index (χ3v) is 8.61. The molecule has 0 saturated carbocycles. The quantitative estimate of drug-likeness (QED) is 0.101. The molecule has 4 aromatic carbocycles. The molecular formula is C38H41N2O6S+. The highest BCUT2D eigenvalue weighted by molar-refractivity contribution is 8.12. The van der Waals surface area contributed by atoms with Gasteiger partial charge in [-0.3, -0.25) is 5.32 Å². The van der Waals surface area contributed by atoms with Crippen molar-refractivity contribution in [3.63, 3.8) is 0 Å². The number of hydrogen-bond donors (Lipinski definition) is 2. The summed E-state index contributed by atoms with van der Waals surface area (Å²) in [6.45, 7) is 5.04. The Morgan fingerprint density at radius 2 is 1.60 bits per heavy atom. The first-order chi connectivity index (χ1) is 23.0. The van der Waals surface area contributed by atoms with Crippen LogP contribution < -0.4 is 19.5 Å². The summed E-state index contributed by atoms with van der Waals surface area (Å²) in [4.78, 5) is 16.8. The van der Waals surface area contributed by atoms with Crippen LogP contribution in [-0.4, -0.2) is 36.6 Å². The first-order valence-electron chi connectivity index (χ1n) is 15.9. The van der Waals surface area contributed by atoms with Crippen molar-refractivity contribution in [1.82, 2.24) is 0 Å². The number of quaternary nitrogens is 1. The number of hydrogen-bond acceptors (Lipinski definition) is 8. The summed E-state index contributed by atoms with van der Waals surface area (Å²) in [5.74, 6) is 3.02. The number of nitrogens with zero attached hydrogens (tertiary/aromatic N) is 1. The van der Waals surface area contributed by atoms with Crippen molar-refractivity contribution in [1.29, 1.82) is 0 Å². The molecule has 8 nitrogen and oxygen atoms in total. The molecule has 3 N–H and O–H groups in total. The number of phenols is 1. The summed E-state index contributed by atoms with van der Waals surface area (Å²) in [6.07, 6.45) is 4.86. The fourth-order valence-corrected chi connectivity index (χ4v) is 6.05. The molecule has 0 radical (unpaired) electrons. The Balaban J connectivity index is 1.16. The van der Waals surface area contributed by atoms with E-state index in [9.17, 15) is 9.90 Å². The number of thioether (sulfide) groups is 1. The van der Waals surface area contributed by atoms with Crippen molar-refractivity contribution in [2.75, 3.05) is 20.3 Å². The molecule has 47 heavy (non-hydrogen) atoms. The predicted octanol–water partition coefficient (Wildman–Crippen LogP) is 7.50.